The van der Waals surface area contributed by atoms with Gasteiger partial charge in [0.15, 0.2) is 0 Å². The normalized spacial score (nSPS) is 14.8. The maximum absolute atomic E-state index is 11.4. The molecule has 0 amide bonds. The third-order valence-corrected chi connectivity index (χ3v) is 3.15. The topological polar surface area (TPSA) is 90.6 Å². The van der Waals surface area contributed by atoms with E-state index in [4.69, 9.17) is 11.6 Å². The van der Waals surface area contributed by atoms with Crippen LogP contribution in [0.25, 0.3) is 0 Å². The molecule has 7 nitrogen and oxygen atoms in total. The molecule has 1 aliphatic heterocycles. The SMILES string of the molecule is O=c1[nH]ncc(N2CCc3n[nH]nc3C2)c1Cl. The van der Waals surface area contributed by atoms with Gasteiger partial charge < -0.3 is 4.90 Å². The second-order valence-electron chi connectivity index (χ2n) is 3.79. The van der Waals surface area contributed by atoms with E-state index in [9.17, 15) is 4.79 Å². The Morgan fingerprint density at radius 1 is 1.35 bits per heavy atom. The van der Waals surface area contributed by atoms with Crippen molar-refractivity contribution in [3.63, 3.8) is 0 Å². The first kappa shape index (κ1) is 10.3. The number of H-pyrrole nitrogens is 2. The Bertz CT molecular complexity index is 606. The molecule has 1 aliphatic rings. The van der Waals surface area contributed by atoms with Gasteiger partial charge in [0, 0.05) is 13.0 Å². The minimum absolute atomic E-state index is 0.159. The quantitative estimate of drug-likeness (QED) is 0.751. The summed E-state index contributed by atoms with van der Waals surface area (Å²) in [6.07, 6.45) is 2.32. The molecule has 3 rings (SSSR count). The van der Waals surface area contributed by atoms with Crippen molar-refractivity contribution in [1.29, 1.82) is 0 Å². The highest BCUT2D eigenvalue weighted by Crippen LogP contribution is 2.25. The third kappa shape index (κ3) is 1.68. The van der Waals surface area contributed by atoms with Gasteiger partial charge in [-0.3, -0.25) is 4.79 Å². The summed E-state index contributed by atoms with van der Waals surface area (Å²) in [5, 5.41) is 16.9. The number of aromatic amines is 2. The van der Waals surface area contributed by atoms with Gasteiger partial charge in [0.05, 0.1) is 24.1 Å². The van der Waals surface area contributed by atoms with Crippen molar-refractivity contribution in [3.05, 3.63) is 33.0 Å². The molecule has 0 fully saturated rings. The first-order chi connectivity index (χ1) is 8.25. The molecule has 0 aliphatic carbocycles. The largest absolute Gasteiger partial charge is 0.362 e. The predicted octanol–water partition coefficient (Wildman–Crippen LogP) is 0.104. The first-order valence-corrected chi connectivity index (χ1v) is 5.50. The fraction of sp³-hybridized carbons (Fsp3) is 0.333. The lowest BCUT2D eigenvalue weighted by atomic mass is 10.1. The number of nitrogens with zero attached hydrogens (tertiary/aromatic N) is 4. The highest BCUT2D eigenvalue weighted by molar-refractivity contribution is 6.32. The van der Waals surface area contributed by atoms with Crippen LogP contribution in [0, 0.1) is 0 Å². The number of anilines is 1. The van der Waals surface area contributed by atoms with Crippen molar-refractivity contribution in [2.45, 2.75) is 13.0 Å². The summed E-state index contributed by atoms with van der Waals surface area (Å²) in [7, 11) is 0. The minimum Gasteiger partial charge on any atom is -0.362 e. The zero-order valence-corrected chi connectivity index (χ0v) is 9.53. The van der Waals surface area contributed by atoms with Crippen LogP contribution in [0.4, 0.5) is 5.69 Å². The van der Waals surface area contributed by atoms with Crippen LogP contribution in [0.1, 0.15) is 11.4 Å². The second kappa shape index (κ2) is 3.85. The Morgan fingerprint density at radius 3 is 3.06 bits per heavy atom. The predicted molar refractivity (Wildman–Crippen MR) is 61.0 cm³/mol. The Kier molecular flexibility index (Phi) is 2.32. The van der Waals surface area contributed by atoms with Gasteiger partial charge in [0.25, 0.3) is 5.56 Å². The third-order valence-electron chi connectivity index (χ3n) is 2.78. The standard InChI is InChI=1S/C9H9ClN6O/c10-8-7(3-11-14-9(8)17)16-2-1-5-6(4-16)13-15-12-5/h3H,1-2,4H2,(H,14,17)(H,12,13,15). The first-order valence-electron chi connectivity index (χ1n) is 5.12. The zero-order valence-electron chi connectivity index (χ0n) is 8.77. The maximum atomic E-state index is 11.4. The Hall–Kier alpha value is -1.89. The average Bonchev–Trinajstić information content (AvgIpc) is 2.79. The van der Waals surface area contributed by atoms with E-state index in [0.29, 0.717) is 12.2 Å². The summed E-state index contributed by atoms with van der Waals surface area (Å²) in [5.41, 5.74) is 2.10. The van der Waals surface area contributed by atoms with E-state index in [0.717, 1.165) is 24.4 Å². The van der Waals surface area contributed by atoms with Gasteiger partial charge in [0.1, 0.15) is 10.7 Å². The summed E-state index contributed by atoms with van der Waals surface area (Å²) in [6, 6.07) is 0. The fourth-order valence-electron chi connectivity index (χ4n) is 1.90. The lowest BCUT2D eigenvalue weighted by molar-refractivity contribution is 0.706. The van der Waals surface area contributed by atoms with E-state index in [1.165, 1.54) is 0 Å². The summed E-state index contributed by atoms with van der Waals surface area (Å²) in [4.78, 5) is 13.3. The molecular formula is C9H9ClN6O. The molecule has 0 saturated heterocycles. The Labute approximate surface area is 101 Å². The van der Waals surface area contributed by atoms with Crippen molar-refractivity contribution < 1.29 is 0 Å². The number of rotatable bonds is 1. The molecule has 8 heteroatoms. The molecule has 0 bridgehead atoms. The minimum atomic E-state index is -0.380. The molecule has 0 atom stereocenters. The molecule has 88 valence electrons. The average molecular weight is 253 g/mol. The number of hydrogen-bond donors (Lipinski definition) is 2. The van der Waals surface area contributed by atoms with E-state index < -0.39 is 0 Å². The number of fused-ring (bicyclic) bond motifs is 1. The van der Waals surface area contributed by atoms with Gasteiger partial charge in [-0.05, 0) is 0 Å². The van der Waals surface area contributed by atoms with Crippen molar-refractivity contribution in [2.24, 2.45) is 0 Å². The summed E-state index contributed by atoms with van der Waals surface area (Å²) in [5.74, 6) is 0. The number of halogens is 1. The number of nitrogens with one attached hydrogen (secondary N) is 2. The molecule has 2 aromatic heterocycles. The van der Waals surface area contributed by atoms with Crippen LogP contribution < -0.4 is 10.5 Å². The number of aromatic nitrogens is 5. The van der Waals surface area contributed by atoms with Crippen LogP contribution in [-0.4, -0.2) is 32.2 Å². The molecule has 2 aromatic rings. The molecule has 2 N–H and O–H groups in total. The monoisotopic (exact) mass is 252 g/mol. The van der Waals surface area contributed by atoms with E-state index in [1.807, 2.05) is 4.90 Å². The number of hydrogen-bond acceptors (Lipinski definition) is 5. The van der Waals surface area contributed by atoms with Crippen LogP contribution in [0.5, 0.6) is 0 Å². The van der Waals surface area contributed by atoms with Gasteiger partial charge in [0.2, 0.25) is 0 Å². The highest BCUT2D eigenvalue weighted by atomic mass is 35.5. The smallest absolute Gasteiger partial charge is 0.285 e. The lowest BCUT2D eigenvalue weighted by Crippen LogP contribution is -2.32. The molecule has 17 heavy (non-hydrogen) atoms. The molecule has 0 radical (unpaired) electrons. The van der Waals surface area contributed by atoms with E-state index in [1.54, 1.807) is 6.20 Å². The highest BCUT2D eigenvalue weighted by Gasteiger charge is 2.22. The zero-order chi connectivity index (χ0) is 11.8. The molecule has 3 heterocycles. The maximum Gasteiger partial charge on any atom is 0.285 e. The summed E-state index contributed by atoms with van der Waals surface area (Å²) < 4.78 is 0. The van der Waals surface area contributed by atoms with Gasteiger partial charge in [-0.2, -0.15) is 20.5 Å². The molecule has 0 saturated carbocycles. The fourth-order valence-corrected chi connectivity index (χ4v) is 2.11. The van der Waals surface area contributed by atoms with Crippen molar-refractivity contribution in [1.82, 2.24) is 25.6 Å². The summed E-state index contributed by atoms with van der Waals surface area (Å²) >= 11 is 5.96. The van der Waals surface area contributed by atoms with E-state index in [2.05, 4.69) is 25.6 Å². The molecule has 0 unspecified atom stereocenters. The Morgan fingerprint density at radius 2 is 2.18 bits per heavy atom. The second-order valence-corrected chi connectivity index (χ2v) is 4.16. The van der Waals surface area contributed by atoms with Gasteiger partial charge in [-0.1, -0.05) is 11.6 Å². The van der Waals surface area contributed by atoms with Gasteiger partial charge in [-0.25, -0.2) is 5.10 Å². The summed E-state index contributed by atoms with van der Waals surface area (Å²) in [6.45, 7) is 1.32. The molecular weight excluding hydrogens is 244 g/mol. The van der Waals surface area contributed by atoms with Crippen LogP contribution >= 0.6 is 11.6 Å². The van der Waals surface area contributed by atoms with Gasteiger partial charge in [-0.15, -0.1) is 0 Å². The lowest BCUT2D eigenvalue weighted by Gasteiger charge is -2.27. The van der Waals surface area contributed by atoms with Crippen LogP contribution in [0.2, 0.25) is 5.02 Å². The van der Waals surface area contributed by atoms with Crippen LogP contribution in [0.3, 0.4) is 0 Å². The van der Waals surface area contributed by atoms with Gasteiger partial charge >= 0.3 is 0 Å². The molecule has 0 spiro atoms. The van der Waals surface area contributed by atoms with Crippen molar-refractivity contribution in [2.75, 3.05) is 11.4 Å². The van der Waals surface area contributed by atoms with Crippen LogP contribution in [-0.2, 0) is 13.0 Å². The Balaban J connectivity index is 1.97. The van der Waals surface area contributed by atoms with Crippen LogP contribution in [0.15, 0.2) is 11.0 Å². The van der Waals surface area contributed by atoms with Crippen molar-refractivity contribution in [3.8, 4) is 0 Å². The van der Waals surface area contributed by atoms with E-state index >= 15 is 0 Å². The van der Waals surface area contributed by atoms with E-state index in [-0.39, 0.29) is 10.6 Å². The van der Waals surface area contributed by atoms with Crippen molar-refractivity contribution >= 4 is 17.3 Å². The molecule has 0 aromatic carbocycles.